The molecule has 0 radical (unpaired) electrons. The molecule has 4 heteroatoms. The lowest BCUT2D eigenvalue weighted by Gasteiger charge is -2.23. The standard InChI is InChI=1S/C15H16N2O2/c1-9-2-3-10-11(4-9)15(12-6-19-7-14(12)18)17-8-16-5-13(10)17/h2-5,8,12,14-15,18H,6-7H2,1H3/t12-,14-,15+/m0/s1. The molecule has 98 valence electrons. The predicted octanol–water partition coefficient (Wildman–Crippen LogP) is 1.77. The minimum atomic E-state index is -0.397. The summed E-state index contributed by atoms with van der Waals surface area (Å²) in [6.07, 6.45) is 3.36. The van der Waals surface area contributed by atoms with Crippen LogP contribution in [0.25, 0.3) is 11.3 Å². The number of ether oxygens (including phenoxy) is 1. The molecule has 0 aliphatic carbocycles. The van der Waals surface area contributed by atoms with E-state index in [1.165, 1.54) is 16.7 Å². The van der Waals surface area contributed by atoms with Gasteiger partial charge in [0, 0.05) is 11.5 Å². The highest BCUT2D eigenvalue weighted by Gasteiger charge is 2.40. The number of benzene rings is 1. The Bertz CT molecular complexity index is 635. The van der Waals surface area contributed by atoms with Gasteiger partial charge in [-0.15, -0.1) is 0 Å². The second kappa shape index (κ2) is 3.92. The van der Waals surface area contributed by atoms with Crippen LogP contribution in [0.15, 0.2) is 30.7 Å². The van der Waals surface area contributed by atoms with Crippen LogP contribution in [0.1, 0.15) is 17.2 Å². The van der Waals surface area contributed by atoms with Crippen molar-refractivity contribution in [2.24, 2.45) is 5.92 Å². The van der Waals surface area contributed by atoms with Gasteiger partial charge in [-0.3, -0.25) is 0 Å². The minimum absolute atomic E-state index is 0.107. The van der Waals surface area contributed by atoms with Gasteiger partial charge >= 0.3 is 0 Å². The zero-order chi connectivity index (χ0) is 13.0. The van der Waals surface area contributed by atoms with Crippen LogP contribution in [-0.4, -0.2) is 34.0 Å². The van der Waals surface area contributed by atoms with Crippen molar-refractivity contribution in [3.63, 3.8) is 0 Å². The Morgan fingerprint density at radius 1 is 1.37 bits per heavy atom. The topological polar surface area (TPSA) is 47.3 Å². The number of aliphatic hydroxyl groups is 1. The van der Waals surface area contributed by atoms with Gasteiger partial charge in [0.25, 0.3) is 0 Å². The number of fused-ring (bicyclic) bond motifs is 3. The van der Waals surface area contributed by atoms with Gasteiger partial charge < -0.3 is 14.4 Å². The summed E-state index contributed by atoms with van der Waals surface area (Å²) in [6, 6.07) is 6.64. The molecule has 0 amide bonds. The van der Waals surface area contributed by atoms with E-state index in [9.17, 15) is 5.11 Å². The van der Waals surface area contributed by atoms with Gasteiger partial charge in [0.1, 0.15) is 0 Å². The van der Waals surface area contributed by atoms with Crippen molar-refractivity contribution in [2.75, 3.05) is 13.2 Å². The maximum atomic E-state index is 10.1. The van der Waals surface area contributed by atoms with Crippen LogP contribution >= 0.6 is 0 Å². The monoisotopic (exact) mass is 256 g/mol. The molecule has 0 bridgehead atoms. The molecule has 1 N–H and O–H groups in total. The summed E-state index contributed by atoms with van der Waals surface area (Å²) in [4.78, 5) is 4.25. The van der Waals surface area contributed by atoms with E-state index in [0.717, 1.165) is 5.69 Å². The fourth-order valence-electron chi connectivity index (χ4n) is 3.34. The first kappa shape index (κ1) is 11.2. The highest BCUT2D eigenvalue weighted by molar-refractivity contribution is 5.69. The second-order valence-corrected chi connectivity index (χ2v) is 5.49. The number of hydrogen-bond donors (Lipinski definition) is 1. The number of nitrogens with zero attached hydrogens (tertiary/aromatic N) is 2. The van der Waals surface area contributed by atoms with Crippen molar-refractivity contribution >= 4 is 0 Å². The Balaban J connectivity index is 1.90. The smallest absolute Gasteiger partial charge is 0.0956 e. The summed E-state index contributed by atoms with van der Waals surface area (Å²) in [7, 11) is 0. The third-order valence-electron chi connectivity index (χ3n) is 4.27. The van der Waals surface area contributed by atoms with Crippen molar-refractivity contribution in [2.45, 2.75) is 19.1 Å². The van der Waals surface area contributed by atoms with E-state index in [-0.39, 0.29) is 12.0 Å². The molecule has 2 aromatic rings. The first-order valence-electron chi connectivity index (χ1n) is 6.64. The van der Waals surface area contributed by atoms with Gasteiger partial charge in [-0.2, -0.15) is 0 Å². The molecule has 4 nitrogen and oxygen atoms in total. The van der Waals surface area contributed by atoms with E-state index in [0.29, 0.717) is 13.2 Å². The van der Waals surface area contributed by atoms with Crippen molar-refractivity contribution in [1.82, 2.24) is 9.55 Å². The minimum Gasteiger partial charge on any atom is -0.390 e. The molecule has 1 aromatic heterocycles. The zero-order valence-corrected chi connectivity index (χ0v) is 10.8. The summed E-state index contributed by atoms with van der Waals surface area (Å²) in [6.45, 7) is 3.15. The molecular weight excluding hydrogens is 240 g/mol. The number of aryl methyl sites for hydroxylation is 1. The molecule has 19 heavy (non-hydrogen) atoms. The Morgan fingerprint density at radius 2 is 2.26 bits per heavy atom. The van der Waals surface area contributed by atoms with E-state index >= 15 is 0 Å². The molecule has 0 spiro atoms. The summed E-state index contributed by atoms with van der Waals surface area (Å²) in [5, 5.41) is 10.1. The maximum absolute atomic E-state index is 10.1. The predicted molar refractivity (Wildman–Crippen MR) is 70.9 cm³/mol. The number of imidazole rings is 1. The van der Waals surface area contributed by atoms with Gasteiger partial charge in [0.05, 0.1) is 43.6 Å². The van der Waals surface area contributed by atoms with Gasteiger partial charge in [-0.25, -0.2) is 4.98 Å². The molecule has 1 fully saturated rings. The first-order chi connectivity index (χ1) is 9.25. The van der Waals surface area contributed by atoms with Gasteiger partial charge in [0.15, 0.2) is 0 Å². The van der Waals surface area contributed by atoms with Crippen LogP contribution in [0.3, 0.4) is 0 Å². The summed E-state index contributed by atoms with van der Waals surface area (Å²) in [5.74, 6) is 0.107. The summed E-state index contributed by atoms with van der Waals surface area (Å²) >= 11 is 0. The van der Waals surface area contributed by atoms with Crippen LogP contribution in [-0.2, 0) is 4.74 Å². The molecule has 1 aromatic carbocycles. The summed E-state index contributed by atoms with van der Waals surface area (Å²) in [5.41, 5.74) is 4.90. The lowest BCUT2D eigenvalue weighted by atomic mass is 9.89. The molecule has 2 aliphatic heterocycles. The van der Waals surface area contributed by atoms with Crippen LogP contribution < -0.4 is 0 Å². The first-order valence-corrected chi connectivity index (χ1v) is 6.64. The van der Waals surface area contributed by atoms with Gasteiger partial charge in [-0.1, -0.05) is 23.8 Å². The normalized spacial score (nSPS) is 28.4. The maximum Gasteiger partial charge on any atom is 0.0956 e. The second-order valence-electron chi connectivity index (χ2n) is 5.49. The van der Waals surface area contributed by atoms with E-state index in [1.54, 1.807) is 0 Å². The SMILES string of the molecule is Cc1ccc2c(c1)[C@H]([C@H]1COC[C@@H]1O)n1cncc1-2. The van der Waals surface area contributed by atoms with E-state index in [2.05, 4.69) is 34.7 Å². The van der Waals surface area contributed by atoms with Gasteiger partial charge in [0.2, 0.25) is 0 Å². The number of aliphatic hydroxyl groups excluding tert-OH is 1. The molecule has 0 unspecified atom stereocenters. The van der Waals surface area contributed by atoms with Crippen LogP contribution in [0, 0.1) is 12.8 Å². The molecule has 0 saturated carbocycles. The molecule has 1 saturated heterocycles. The highest BCUT2D eigenvalue weighted by Crippen LogP contribution is 2.45. The van der Waals surface area contributed by atoms with Crippen LogP contribution in [0.2, 0.25) is 0 Å². The molecule has 3 heterocycles. The lowest BCUT2D eigenvalue weighted by molar-refractivity contribution is 0.111. The highest BCUT2D eigenvalue weighted by atomic mass is 16.5. The third kappa shape index (κ3) is 1.50. The van der Waals surface area contributed by atoms with Crippen molar-refractivity contribution < 1.29 is 9.84 Å². The molecule has 4 rings (SSSR count). The molecule has 2 aliphatic rings. The third-order valence-corrected chi connectivity index (χ3v) is 4.27. The average Bonchev–Trinajstić information content (AvgIpc) is 3.05. The Kier molecular flexibility index (Phi) is 2.31. The van der Waals surface area contributed by atoms with Crippen molar-refractivity contribution in [3.05, 3.63) is 41.9 Å². The Morgan fingerprint density at radius 3 is 3.05 bits per heavy atom. The van der Waals surface area contributed by atoms with Crippen LogP contribution in [0.5, 0.6) is 0 Å². The Labute approximate surface area is 111 Å². The molecular formula is C15H16N2O2. The lowest BCUT2D eigenvalue weighted by Crippen LogP contribution is -2.27. The number of aromatic nitrogens is 2. The average molecular weight is 256 g/mol. The van der Waals surface area contributed by atoms with E-state index < -0.39 is 6.10 Å². The van der Waals surface area contributed by atoms with E-state index in [4.69, 9.17) is 4.74 Å². The largest absolute Gasteiger partial charge is 0.390 e. The van der Waals surface area contributed by atoms with Crippen LogP contribution in [0.4, 0.5) is 0 Å². The van der Waals surface area contributed by atoms with Crippen molar-refractivity contribution in [1.29, 1.82) is 0 Å². The quantitative estimate of drug-likeness (QED) is 0.846. The fraction of sp³-hybridized carbons (Fsp3) is 0.400. The summed E-state index contributed by atoms with van der Waals surface area (Å²) < 4.78 is 7.61. The number of hydrogen-bond acceptors (Lipinski definition) is 3. The Hall–Kier alpha value is -1.65. The molecule has 3 atom stereocenters. The van der Waals surface area contributed by atoms with Crippen molar-refractivity contribution in [3.8, 4) is 11.3 Å². The number of rotatable bonds is 1. The zero-order valence-electron chi connectivity index (χ0n) is 10.8. The van der Waals surface area contributed by atoms with E-state index in [1.807, 2.05) is 12.5 Å². The fourth-order valence-corrected chi connectivity index (χ4v) is 3.34. The van der Waals surface area contributed by atoms with Gasteiger partial charge in [-0.05, 0) is 12.5 Å².